The molecule has 0 aromatic heterocycles. The topological polar surface area (TPSA) is 208 Å². The molecule has 10 bridgehead atoms. The van der Waals surface area contributed by atoms with E-state index >= 15 is 0 Å². The molecule has 4 amide bonds. The van der Waals surface area contributed by atoms with Crippen molar-refractivity contribution in [2.45, 2.75) is 337 Å². The number of hydrogen-bond acceptors (Lipinski definition) is 15. The molecule has 2 N–H and O–H groups in total. The Morgan fingerprint density at radius 2 is 0.839 bits per heavy atom. The SMILES string of the molecule is CC(C)(C)OC(=O)N1C2C=C(O[Si](C)(C)C)CC1CC2.CC(C)(C)OC(=O)N1C2CCC1C(F)C(=O)C2.CC(C)(C)OC(=O)N1C2CCC1C(F)C(O)C2.CC(C)(C)OC(=O)N1C2CCC1CC(=O)C2.CCN(CC)CC.CCN(CC)CC.CO.C[Si](C)(C)Cl.FB(F)F.FB(F)F.F[N+]12CC[N+](CCl)(CC1)CC2.[2H]CF.[2H]CF.[B].[F-].[F-].[H-].[Na+]. The first-order valence-electron chi connectivity index (χ1n) is 41.1. The van der Waals surface area contributed by atoms with Gasteiger partial charge in [-0.25, -0.2) is 28.0 Å². The number of fused-ring (bicyclic) bond motifs is 11. The van der Waals surface area contributed by atoms with Crippen molar-refractivity contribution in [3.8, 4) is 0 Å². The van der Waals surface area contributed by atoms with Crippen LogP contribution in [-0.4, -0.2) is 319 Å². The number of aliphatic hydroxyl groups is 2. The maximum atomic E-state index is 13.8. The number of rotatable bonds is 9. The molecule has 11 heterocycles. The molecule has 11 rings (SSSR count). The molecule has 0 saturated carbocycles. The van der Waals surface area contributed by atoms with Crippen molar-refractivity contribution in [1.29, 1.82) is 0 Å². The van der Waals surface area contributed by atoms with E-state index in [-0.39, 0.29) is 120 Å². The Hall–Kier alpha value is -2.98. The molecule has 693 valence electrons. The van der Waals surface area contributed by atoms with Gasteiger partial charge in [-0.2, -0.15) is 11.1 Å². The van der Waals surface area contributed by atoms with Crippen LogP contribution in [0.1, 0.15) is 212 Å². The molecular formula is C76H148B3Cl2F13N8NaO13Si2. The Balaban J connectivity index is -0.000000199. The minimum Gasteiger partial charge on any atom is -1.00 e. The van der Waals surface area contributed by atoms with Crippen LogP contribution in [0.4, 0.5) is 67.1 Å². The number of amides is 4. The summed E-state index contributed by atoms with van der Waals surface area (Å²) in [5, 5.41) is 16.5. The van der Waals surface area contributed by atoms with Gasteiger partial charge in [-0.15, -0.1) is 4.71 Å². The quantitative estimate of drug-likeness (QED) is 0.0323. The molecule has 3 radical (unpaired) electrons. The van der Waals surface area contributed by atoms with Gasteiger partial charge in [0.25, 0.3) is 0 Å². The molecule has 11 unspecified atom stereocenters. The number of Topliss-reactive ketones (excluding diaryl/α,β-unsaturated/α-hetero) is 2. The normalized spacial score (nSPS) is 25.7. The Labute approximate surface area is 739 Å². The number of nitrogens with zero attached hydrogens (tertiary/aromatic N) is 8. The van der Waals surface area contributed by atoms with E-state index in [1.165, 1.54) is 49.1 Å². The molecule has 11 atom stereocenters. The first-order valence-corrected chi connectivity index (χ1v) is 48.2. The third kappa shape index (κ3) is 51.5. The molecule has 10 fully saturated rings. The predicted octanol–water partition coefficient (Wildman–Crippen LogP) is 8.70. The second kappa shape index (κ2) is 60.6. The van der Waals surface area contributed by atoms with Gasteiger partial charge in [0.1, 0.15) is 61.4 Å². The van der Waals surface area contributed by atoms with Gasteiger partial charge >= 0.3 is 69.0 Å². The van der Waals surface area contributed by atoms with Crippen molar-refractivity contribution < 1.29 is 163 Å². The van der Waals surface area contributed by atoms with E-state index in [0.717, 1.165) is 75.5 Å². The number of quaternary nitrogens is 2. The molecule has 21 nitrogen and oxygen atoms in total. The van der Waals surface area contributed by atoms with Gasteiger partial charge in [-0.1, -0.05) is 72.8 Å². The molecule has 0 aromatic carbocycles. The van der Waals surface area contributed by atoms with Crippen LogP contribution in [0.3, 0.4) is 0 Å². The summed E-state index contributed by atoms with van der Waals surface area (Å²) in [6, 6.07) is -0.149. The van der Waals surface area contributed by atoms with Crippen molar-refractivity contribution in [2.24, 2.45) is 0 Å². The molecule has 42 heteroatoms. The second-order valence-electron chi connectivity index (χ2n) is 34.8. The van der Waals surface area contributed by atoms with Crippen LogP contribution >= 0.6 is 22.7 Å². The Morgan fingerprint density at radius 1 is 0.551 bits per heavy atom. The Morgan fingerprint density at radius 3 is 1.15 bits per heavy atom. The first-order chi connectivity index (χ1) is 53.2. The summed E-state index contributed by atoms with van der Waals surface area (Å²) in [5.74, 6) is 0.987. The fourth-order valence-corrected chi connectivity index (χ4v) is 15.4. The van der Waals surface area contributed by atoms with E-state index in [1.807, 2.05) is 46.4 Å². The number of carbonyl (C=O) groups is 6. The predicted molar refractivity (Wildman–Crippen MR) is 446 cm³/mol. The average Bonchev–Trinajstić information content (AvgIpc) is 1.77. The smallest absolute Gasteiger partial charge is 1.00 e. The molecular weight excluding hydrogens is 1660 g/mol. The second-order valence-corrected chi connectivity index (χ2v) is 47.0. The van der Waals surface area contributed by atoms with Crippen molar-refractivity contribution in [3.63, 3.8) is 0 Å². The fourth-order valence-electron chi connectivity index (χ4n) is 14.1. The number of piperidine rings is 3. The standard InChI is InChI=1S/C15H27NO3Si.C12H20FNO3.C12H18FNO3.C12H19NO3.C7H14ClFN2.2C6H15N.C3H9ClSi.2CH3F.CH4O.2BF3.B.2FH.Na.H/c1-15(2,3)18-14(17)16-11-7-8-12(16)10-13(9-11)19-20(4,5)6;2*1-12(2,3)17-11(16)14-7-4-5-8(14)10(13)9(15)6-7;1-12(2,3)16-11(15)13-8-4-5-9(13)7-10(14)6-8;8-7-10-1-4-11(9,5-2-10)6-3-10;2*1-4-7(5-2)6-3;1-5(2,3)4;3*1-2;2*2-1(3)4;;;;;/h9,11-12H,7-8,10H2,1-6H3;7-10,15H,4-6H2,1-3H3;7-8,10H,4-6H2,1-3H3;8-9H,4-7H2,1-3H3;1-7H2;2*4-6H2,1-3H3;1-3H3;2*1H3;2H,1H3;;;;2*1H;;/q;;;;+2;;;;;;;;;;;;+1;-1/p-2/i;;;;;;;;2*1D;;;;;;;;. The number of piperazine rings is 3. The van der Waals surface area contributed by atoms with E-state index in [1.54, 1.807) is 46.4 Å². The number of alkyl halides is 5. The summed E-state index contributed by atoms with van der Waals surface area (Å²) in [5.41, 5.74) is -2.06. The van der Waals surface area contributed by atoms with Gasteiger partial charge in [0.05, 0.1) is 47.0 Å². The summed E-state index contributed by atoms with van der Waals surface area (Å²) < 4.78 is 158. The van der Waals surface area contributed by atoms with Crippen molar-refractivity contribution in [2.75, 3.05) is 106 Å². The van der Waals surface area contributed by atoms with Crippen LogP contribution in [0.25, 0.3) is 0 Å². The summed E-state index contributed by atoms with van der Waals surface area (Å²) in [4.78, 5) is 82.3. The van der Waals surface area contributed by atoms with E-state index in [2.05, 4.69) is 96.7 Å². The van der Waals surface area contributed by atoms with Gasteiger partial charge in [0.2, 0.25) is 8.32 Å². The van der Waals surface area contributed by atoms with Crippen molar-refractivity contribution in [1.82, 2.24) is 29.4 Å². The van der Waals surface area contributed by atoms with Crippen molar-refractivity contribution >= 4 is 97.8 Å². The van der Waals surface area contributed by atoms with Crippen LogP contribution in [-0.2, 0) is 33.0 Å². The monoisotopic (exact) mass is 1810 g/mol. The molecule has 0 spiro atoms. The molecule has 0 aliphatic carbocycles. The summed E-state index contributed by atoms with van der Waals surface area (Å²) in [7, 11) is -11.0. The van der Waals surface area contributed by atoms with Crippen LogP contribution in [0, 0.1) is 0 Å². The Bertz CT molecular complexity index is 2780. The summed E-state index contributed by atoms with van der Waals surface area (Å²) >= 11 is 11.5. The maximum Gasteiger partial charge on any atom is 1.00 e. The van der Waals surface area contributed by atoms with Crippen molar-refractivity contribution in [3.05, 3.63) is 11.8 Å². The average molecular weight is 1810 g/mol. The first kappa shape index (κ1) is 124. The van der Waals surface area contributed by atoms with Gasteiger partial charge in [0.15, 0.2) is 37.6 Å². The van der Waals surface area contributed by atoms with Crippen LogP contribution in [0.15, 0.2) is 11.8 Å². The van der Waals surface area contributed by atoms with Crippen LogP contribution < -0.4 is 39.0 Å². The van der Waals surface area contributed by atoms with Crippen LogP contribution in [0.5, 0.6) is 0 Å². The number of aliphatic hydroxyl groups excluding tert-OH is 2. The molecule has 118 heavy (non-hydrogen) atoms. The zero-order valence-corrected chi connectivity index (χ0v) is 81.1. The zero-order chi connectivity index (χ0) is 91.1. The number of hydrogen-bond donors (Lipinski definition) is 2. The molecule has 10 saturated heterocycles. The molecule has 11 aliphatic rings. The molecule has 11 aliphatic heterocycles. The zero-order valence-electron chi connectivity index (χ0n) is 78.6. The number of halogens is 15. The third-order valence-corrected chi connectivity index (χ3v) is 20.4. The largest absolute Gasteiger partial charge is 1.00 e. The number of ether oxygens (including phenoxy) is 4. The fraction of sp³-hybridized carbons (Fsp3) is 0.895. The van der Waals surface area contributed by atoms with E-state index in [4.69, 9.17) is 53.9 Å². The van der Waals surface area contributed by atoms with Gasteiger partial charge in [0, 0.05) is 71.4 Å². The minimum atomic E-state index is -3.67. The minimum absolute atomic E-state index is 0. The van der Waals surface area contributed by atoms with E-state index in [9.17, 15) is 81.8 Å². The third-order valence-electron chi connectivity index (χ3n) is 19.0. The number of carbonyl (C=O) groups excluding carboxylic acids is 6. The van der Waals surface area contributed by atoms with Gasteiger partial charge < -0.3 is 59.1 Å². The van der Waals surface area contributed by atoms with E-state index < -0.39 is 110 Å². The Kier molecular flexibility index (Phi) is 63.4. The van der Waals surface area contributed by atoms with Crippen LogP contribution in [0.2, 0.25) is 39.3 Å². The van der Waals surface area contributed by atoms with Gasteiger partial charge in [-0.3, -0.25) is 63.4 Å². The number of ketones is 2. The van der Waals surface area contributed by atoms with E-state index in [0.29, 0.717) is 64.2 Å². The summed E-state index contributed by atoms with van der Waals surface area (Å²) in [6.45, 7) is 59.9. The molecule has 0 aromatic rings. The van der Waals surface area contributed by atoms with Gasteiger partial charge in [-0.05, 0) is 210 Å². The maximum absolute atomic E-state index is 13.8. The summed E-state index contributed by atoms with van der Waals surface area (Å²) in [6.07, 6.45) is 5.74.